The molecule has 5 heteroatoms. The Balaban J connectivity index is 2.48. The first-order chi connectivity index (χ1) is 7.31. The van der Waals surface area contributed by atoms with Crippen molar-refractivity contribution in [1.82, 2.24) is 15.0 Å². The SMILES string of the molecule is O=c1[nH]c(-c2cccnc2)ncc1CBr. The minimum absolute atomic E-state index is 0.124. The number of aromatic nitrogens is 3. The Morgan fingerprint density at radius 3 is 2.87 bits per heavy atom. The fourth-order valence-electron chi connectivity index (χ4n) is 1.17. The van der Waals surface area contributed by atoms with E-state index >= 15 is 0 Å². The Morgan fingerprint density at radius 1 is 1.40 bits per heavy atom. The smallest absolute Gasteiger partial charge is 0.255 e. The van der Waals surface area contributed by atoms with Crippen molar-refractivity contribution in [3.63, 3.8) is 0 Å². The number of hydrogen-bond donors (Lipinski definition) is 1. The van der Waals surface area contributed by atoms with E-state index in [-0.39, 0.29) is 5.56 Å². The highest BCUT2D eigenvalue weighted by Crippen LogP contribution is 2.10. The van der Waals surface area contributed by atoms with Crippen LogP contribution in [0.3, 0.4) is 0 Å². The molecular formula is C10H8BrN3O. The maximum absolute atomic E-state index is 11.5. The number of nitrogens with one attached hydrogen (secondary N) is 1. The van der Waals surface area contributed by atoms with Crippen LogP contribution in [0.15, 0.2) is 35.5 Å². The van der Waals surface area contributed by atoms with Crippen LogP contribution in [0.25, 0.3) is 11.4 Å². The molecule has 0 saturated heterocycles. The summed E-state index contributed by atoms with van der Waals surface area (Å²) in [5, 5.41) is 0.503. The van der Waals surface area contributed by atoms with E-state index in [2.05, 4.69) is 30.9 Å². The van der Waals surface area contributed by atoms with Gasteiger partial charge >= 0.3 is 0 Å². The van der Waals surface area contributed by atoms with Crippen LogP contribution in [0.1, 0.15) is 5.56 Å². The predicted molar refractivity (Wildman–Crippen MR) is 60.7 cm³/mol. The highest BCUT2D eigenvalue weighted by atomic mass is 79.9. The van der Waals surface area contributed by atoms with Crippen molar-refractivity contribution in [2.24, 2.45) is 0 Å². The number of hydrogen-bond acceptors (Lipinski definition) is 3. The second-order valence-electron chi connectivity index (χ2n) is 2.96. The molecule has 0 aliphatic rings. The molecule has 15 heavy (non-hydrogen) atoms. The molecule has 0 aromatic carbocycles. The van der Waals surface area contributed by atoms with Gasteiger partial charge in [-0.3, -0.25) is 9.78 Å². The molecule has 2 heterocycles. The van der Waals surface area contributed by atoms with Gasteiger partial charge in [0.2, 0.25) is 0 Å². The van der Waals surface area contributed by atoms with Crippen LogP contribution < -0.4 is 5.56 Å². The van der Waals surface area contributed by atoms with Crippen molar-refractivity contribution in [3.05, 3.63) is 46.6 Å². The third kappa shape index (κ3) is 2.12. The molecule has 76 valence electrons. The van der Waals surface area contributed by atoms with Gasteiger partial charge in [-0.2, -0.15) is 0 Å². The average Bonchev–Trinajstić information content (AvgIpc) is 2.30. The van der Waals surface area contributed by atoms with E-state index in [1.165, 1.54) is 0 Å². The monoisotopic (exact) mass is 265 g/mol. The normalized spacial score (nSPS) is 10.2. The number of alkyl halides is 1. The zero-order valence-corrected chi connectivity index (χ0v) is 9.36. The number of pyridine rings is 1. The summed E-state index contributed by atoms with van der Waals surface area (Å²) in [5.74, 6) is 0.540. The molecule has 0 unspecified atom stereocenters. The van der Waals surface area contributed by atoms with E-state index in [4.69, 9.17) is 0 Å². The van der Waals surface area contributed by atoms with Crippen molar-refractivity contribution in [1.29, 1.82) is 0 Å². The molecule has 1 N–H and O–H groups in total. The van der Waals surface area contributed by atoms with Gasteiger partial charge in [-0.05, 0) is 12.1 Å². The van der Waals surface area contributed by atoms with Gasteiger partial charge in [-0.1, -0.05) is 15.9 Å². The van der Waals surface area contributed by atoms with Gasteiger partial charge in [0.1, 0.15) is 5.82 Å². The van der Waals surface area contributed by atoms with E-state index in [0.717, 1.165) is 5.56 Å². The Hall–Kier alpha value is -1.49. The first-order valence-electron chi connectivity index (χ1n) is 4.36. The molecule has 0 spiro atoms. The highest BCUT2D eigenvalue weighted by molar-refractivity contribution is 9.08. The number of nitrogens with zero attached hydrogens (tertiary/aromatic N) is 2. The van der Waals surface area contributed by atoms with E-state index in [1.54, 1.807) is 24.7 Å². The fraction of sp³-hybridized carbons (Fsp3) is 0.100. The molecule has 0 amide bonds. The molecule has 2 aromatic heterocycles. The lowest BCUT2D eigenvalue weighted by molar-refractivity contribution is 1.08. The molecule has 0 saturated carbocycles. The van der Waals surface area contributed by atoms with Gasteiger partial charge in [0.15, 0.2) is 0 Å². The number of H-pyrrole nitrogens is 1. The summed E-state index contributed by atoms with van der Waals surface area (Å²) in [5.41, 5.74) is 1.29. The molecule has 0 atom stereocenters. The van der Waals surface area contributed by atoms with E-state index in [0.29, 0.717) is 16.7 Å². The standard InChI is InChI=1S/C10H8BrN3O/c11-4-8-6-13-9(14-10(8)15)7-2-1-3-12-5-7/h1-3,5-6H,4H2,(H,13,14,15). The summed E-state index contributed by atoms with van der Waals surface area (Å²) in [6, 6.07) is 3.65. The molecular weight excluding hydrogens is 258 g/mol. The molecule has 0 radical (unpaired) electrons. The van der Waals surface area contributed by atoms with Gasteiger partial charge in [0, 0.05) is 35.0 Å². The van der Waals surface area contributed by atoms with Gasteiger partial charge in [0.25, 0.3) is 5.56 Å². The van der Waals surface area contributed by atoms with E-state index in [9.17, 15) is 4.79 Å². The summed E-state index contributed by atoms with van der Waals surface area (Å²) >= 11 is 3.22. The second-order valence-corrected chi connectivity index (χ2v) is 3.52. The molecule has 2 rings (SSSR count). The lowest BCUT2D eigenvalue weighted by atomic mass is 10.2. The zero-order chi connectivity index (χ0) is 10.7. The maximum atomic E-state index is 11.5. The summed E-state index contributed by atoms with van der Waals surface area (Å²) in [7, 11) is 0. The number of halogens is 1. The first kappa shape index (κ1) is 10.0. The van der Waals surface area contributed by atoms with Crippen LogP contribution >= 0.6 is 15.9 Å². The quantitative estimate of drug-likeness (QED) is 0.842. The van der Waals surface area contributed by atoms with Crippen molar-refractivity contribution in [2.45, 2.75) is 5.33 Å². The summed E-state index contributed by atoms with van der Waals surface area (Å²) < 4.78 is 0. The lowest BCUT2D eigenvalue weighted by Gasteiger charge is -2.00. The van der Waals surface area contributed by atoms with Gasteiger partial charge in [-0.15, -0.1) is 0 Å². The van der Waals surface area contributed by atoms with Gasteiger partial charge in [-0.25, -0.2) is 4.98 Å². The van der Waals surface area contributed by atoms with Crippen LogP contribution in [-0.4, -0.2) is 15.0 Å². The molecule has 0 aliphatic heterocycles. The molecule has 4 nitrogen and oxygen atoms in total. The van der Waals surface area contributed by atoms with Crippen LogP contribution in [0.4, 0.5) is 0 Å². The Kier molecular flexibility index (Phi) is 2.91. The van der Waals surface area contributed by atoms with Crippen LogP contribution in [0.2, 0.25) is 0 Å². The molecule has 0 bridgehead atoms. The predicted octanol–water partition coefficient (Wildman–Crippen LogP) is 1.73. The maximum Gasteiger partial charge on any atom is 0.255 e. The van der Waals surface area contributed by atoms with Gasteiger partial charge in [0.05, 0.1) is 0 Å². The third-order valence-corrected chi connectivity index (χ3v) is 2.56. The molecule has 2 aromatic rings. The largest absolute Gasteiger partial charge is 0.306 e. The average molecular weight is 266 g/mol. The fourth-order valence-corrected chi connectivity index (χ4v) is 1.57. The van der Waals surface area contributed by atoms with Crippen LogP contribution in [0, 0.1) is 0 Å². The van der Waals surface area contributed by atoms with Crippen molar-refractivity contribution < 1.29 is 0 Å². The molecule has 0 aliphatic carbocycles. The first-order valence-corrected chi connectivity index (χ1v) is 5.48. The number of aromatic amines is 1. The Morgan fingerprint density at radius 2 is 2.27 bits per heavy atom. The summed E-state index contributed by atoms with van der Waals surface area (Å²) in [4.78, 5) is 22.3. The summed E-state index contributed by atoms with van der Waals surface area (Å²) in [6.45, 7) is 0. The zero-order valence-electron chi connectivity index (χ0n) is 7.77. The number of rotatable bonds is 2. The second kappa shape index (κ2) is 4.35. The summed E-state index contributed by atoms with van der Waals surface area (Å²) in [6.07, 6.45) is 4.90. The Bertz CT molecular complexity index is 510. The van der Waals surface area contributed by atoms with E-state index in [1.807, 2.05) is 6.07 Å². The van der Waals surface area contributed by atoms with Crippen LogP contribution in [-0.2, 0) is 5.33 Å². The van der Waals surface area contributed by atoms with Crippen molar-refractivity contribution in [3.8, 4) is 11.4 Å². The Labute approximate surface area is 94.5 Å². The topological polar surface area (TPSA) is 58.6 Å². The van der Waals surface area contributed by atoms with Crippen molar-refractivity contribution in [2.75, 3.05) is 0 Å². The highest BCUT2D eigenvalue weighted by Gasteiger charge is 2.02. The minimum Gasteiger partial charge on any atom is -0.306 e. The molecule has 0 fully saturated rings. The minimum atomic E-state index is -0.124. The van der Waals surface area contributed by atoms with Gasteiger partial charge < -0.3 is 4.98 Å². The van der Waals surface area contributed by atoms with E-state index < -0.39 is 0 Å². The van der Waals surface area contributed by atoms with Crippen LogP contribution in [0.5, 0.6) is 0 Å². The third-order valence-electron chi connectivity index (χ3n) is 1.95. The lowest BCUT2D eigenvalue weighted by Crippen LogP contribution is -2.13. The van der Waals surface area contributed by atoms with Crippen molar-refractivity contribution >= 4 is 15.9 Å².